The summed E-state index contributed by atoms with van der Waals surface area (Å²) in [5, 5.41) is 1.92. The molecule has 1 fully saturated rings. The van der Waals surface area contributed by atoms with Gasteiger partial charge in [0.25, 0.3) is 0 Å². The highest BCUT2D eigenvalue weighted by atomic mass is 32.1. The zero-order valence-corrected chi connectivity index (χ0v) is 10.8. The summed E-state index contributed by atoms with van der Waals surface area (Å²) in [5.41, 5.74) is 0. The zero-order valence-electron chi connectivity index (χ0n) is 10.0. The minimum atomic E-state index is 0.125. The maximum atomic E-state index is 11.9. The van der Waals surface area contributed by atoms with E-state index in [-0.39, 0.29) is 11.7 Å². The first-order valence-electron chi connectivity index (χ1n) is 6.02. The predicted octanol–water partition coefficient (Wildman–Crippen LogP) is 2.23. The Bertz CT molecular complexity index is 400. The van der Waals surface area contributed by atoms with Crippen molar-refractivity contribution in [3.63, 3.8) is 0 Å². The van der Waals surface area contributed by atoms with Crippen LogP contribution in [-0.2, 0) is 4.79 Å². The largest absolute Gasteiger partial charge is 0.299 e. The summed E-state index contributed by atoms with van der Waals surface area (Å²) in [6.45, 7) is 3.95. The van der Waals surface area contributed by atoms with E-state index in [0.717, 1.165) is 24.4 Å². The zero-order chi connectivity index (χ0) is 12.3. The van der Waals surface area contributed by atoms with Gasteiger partial charge in [0.15, 0.2) is 5.78 Å². The van der Waals surface area contributed by atoms with Gasteiger partial charge in [0.2, 0.25) is 0 Å². The van der Waals surface area contributed by atoms with E-state index in [1.165, 1.54) is 11.3 Å². The molecule has 0 bridgehead atoms. The van der Waals surface area contributed by atoms with Crippen LogP contribution in [0.2, 0.25) is 0 Å². The van der Waals surface area contributed by atoms with E-state index in [4.69, 9.17) is 0 Å². The third-order valence-electron chi connectivity index (χ3n) is 3.26. The number of likely N-dealkylation sites (tertiary alicyclic amines) is 1. The second-order valence-corrected chi connectivity index (χ2v) is 5.40. The van der Waals surface area contributed by atoms with Crippen molar-refractivity contribution < 1.29 is 9.59 Å². The molecule has 0 aromatic carbocycles. The Kier molecular flexibility index (Phi) is 4.07. The lowest BCUT2D eigenvalue weighted by Crippen LogP contribution is -2.42. The standard InChI is InChI=1S/C13H17NO2S/c1-2-10-8-14(6-5-11(10)15)9-12(16)13-4-3-7-17-13/h3-4,7,10H,2,5-6,8-9H2,1H3. The molecule has 17 heavy (non-hydrogen) atoms. The Morgan fingerprint density at radius 2 is 2.41 bits per heavy atom. The van der Waals surface area contributed by atoms with E-state index in [1.807, 2.05) is 24.4 Å². The van der Waals surface area contributed by atoms with E-state index in [2.05, 4.69) is 4.90 Å². The van der Waals surface area contributed by atoms with Gasteiger partial charge in [-0.15, -0.1) is 11.3 Å². The number of hydrogen-bond donors (Lipinski definition) is 0. The van der Waals surface area contributed by atoms with Crippen LogP contribution in [0.5, 0.6) is 0 Å². The minimum Gasteiger partial charge on any atom is -0.299 e. The molecule has 2 rings (SSSR count). The fraction of sp³-hybridized carbons (Fsp3) is 0.538. The number of Topliss-reactive ketones (excluding diaryl/α,β-unsaturated/α-hetero) is 2. The molecule has 0 amide bonds. The number of piperidine rings is 1. The lowest BCUT2D eigenvalue weighted by atomic mass is 9.94. The van der Waals surface area contributed by atoms with Gasteiger partial charge in [-0.3, -0.25) is 14.5 Å². The van der Waals surface area contributed by atoms with Gasteiger partial charge in [-0.05, 0) is 17.9 Å². The first-order valence-corrected chi connectivity index (χ1v) is 6.90. The number of carbonyl (C=O) groups is 2. The third-order valence-corrected chi connectivity index (χ3v) is 4.18. The molecular formula is C13H17NO2S. The monoisotopic (exact) mass is 251 g/mol. The lowest BCUT2D eigenvalue weighted by molar-refractivity contribution is -0.126. The number of rotatable bonds is 4. The number of ketones is 2. The van der Waals surface area contributed by atoms with Crippen LogP contribution in [0.3, 0.4) is 0 Å². The first-order chi connectivity index (χ1) is 8.20. The fourth-order valence-corrected chi connectivity index (χ4v) is 2.85. The highest BCUT2D eigenvalue weighted by molar-refractivity contribution is 7.12. The summed E-state index contributed by atoms with van der Waals surface area (Å²) in [7, 11) is 0. The van der Waals surface area contributed by atoms with E-state index in [9.17, 15) is 9.59 Å². The van der Waals surface area contributed by atoms with Crippen molar-refractivity contribution in [2.24, 2.45) is 5.92 Å². The molecule has 1 saturated heterocycles. The molecule has 92 valence electrons. The van der Waals surface area contributed by atoms with Crippen molar-refractivity contribution in [1.29, 1.82) is 0 Å². The summed E-state index contributed by atoms with van der Waals surface area (Å²) in [5.74, 6) is 0.649. The van der Waals surface area contributed by atoms with E-state index < -0.39 is 0 Å². The van der Waals surface area contributed by atoms with Crippen molar-refractivity contribution in [2.75, 3.05) is 19.6 Å². The van der Waals surface area contributed by atoms with Crippen LogP contribution >= 0.6 is 11.3 Å². The van der Waals surface area contributed by atoms with Gasteiger partial charge in [0.1, 0.15) is 5.78 Å². The molecule has 0 saturated carbocycles. The van der Waals surface area contributed by atoms with Crippen LogP contribution in [0, 0.1) is 5.92 Å². The van der Waals surface area contributed by atoms with Crippen LogP contribution in [0.25, 0.3) is 0 Å². The van der Waals surface area contributed by atoms with Crippen molar-refractivity contribution >= 4 is 22.9 Å². The van der Waals surface area contributed by atoms with Gasteiger partial charge < -0.3 is 0 Å². The molecule has 0 N–H and O–H groups in total. The highest BCUT2D eigenvalue weighted by Gasteiger charge is 2.26. The molecule has 0 spiro atoms. The lowest BCUT2D eigenvalue weighted by Gasteiger charge is -2.30. The normalized spacial score (nSPS) is 21.7. The molecule has 2 heterocycles. The Morgan fingerprint density at radius 1 is 1.59 bits per heavy atom. The smallest absolute Gasteiger partial charge is 0.186 e. The number of carbonyl (C=O) groups excluding carboxylic acids is 2. The Labute approximate surface area is 105 Å². The highest BCUT2D eigenvalue weighted by Crippen LogP contribution is 2.17. The van der Waals surface area contributed by atoms with Crippen LogP contribution in [0.15, 0.2) is 17.5 Å². The summed E-state index contributed by atoms with van der Waals surface area (Å²) >= 11 is 1.48. The summed E-state index contributed by atoms with van der Waals surface area (Å²) in [4.78, 5) is 26.4. The second-order valence-electron chi connectivity index (χ2n) is 4.46. The second kappa shape index (κ2) is 5.56. The Hall–Kier alpha value is -1.00. The van der Waals surface area contributed by atoms with Crippen molar-refractivity contribution in [3.8, 4) is 0 Å². The molecule has 4 heteroatoms. The van der Waals surface area contributed by atoms with Crippen LogP contribution < -0.4 is 0 Å². The van der Waals surface area contributed by atoms with Gasteiger partial charge in [0, 0.05) is 25.4 Å². The minimum absolute atomic E-state index is 0.125. The molecule has 1 aliphatic heterocycles. The molecule has 0 aliphatic carbocycles. The quantitative estimate of drug-likeness (QED) is 0.770. The van der Waals surface area contributed by atoms with Crippen molar-refractivity contribution in [2.45, 2.75) is 19.8 Å². The molecule has 1 aromatic rings. The molecular weight excluding hydrogens is 234 g/mol. The predicted molar refractivity (Wildman–Crippen MR) is 68.5 cm³/mol. The number of thiophene rings is 1. The van der Waals surface area contributed by atoms with E-state index in [0.29, 0.717) is 18.7 Å². The van der Waals surface area contributed by atoms with E-state index >= 15 is 0 Å². The van der Waals surface area contributed by atoms with Gasteiger partial charge in [-0.25, -0.2) is 0 Å². The summed E-state index contributed by atoms with van der Waals surface area (Å²) in [6.07, 6.45) is 1.47. The molecule has 3 nitrogen and oxygen atoms in total. The van der Waals surface area contributed by atoms with Crippen molar-refractivity contribution in [1.82, 2.24) is 4.90 Å². The van der Waals surface area contributed by atoms with Gasteiger partial charge in [0.05, 0.1) is 11.4 Å². The SMILES string of the molecule is CCC1CN(CC(=O)c2cccs2)CCC1=O. The van der Waals surface area contributed by atoms with Crippen molar-refractivity contribution in [3.05, 3.63) is 22.4 Å². The molecule has 1 aromatic heterocycles. The van der Waals surface area contributed by atoms with Gasteiger partial charge in [-0.1, -0.05) is 13.0 Å². The maximum Gasteiger partial charge on any atom is 0.186 e. The van der Waals surface area contributed by atoms with Gasteiger partial charge in [-0.2, -0.15) is 0 Å². The number of nitrogens with zero attached hydrogens (tertiary/aromatic N) is 1. The molecule has 0 radical (unpaired) electrons. The fourth-order valence-electron chi connectivity index (χ4n) is 2.20. The number of hydrogen-bond acceptors (Lipinski definition) is 4. The molecule has 1 unspecified atom stereocenters. The first kappa shape index (κ1) is 12.5. The Morgan fingerprint density at radius 3 is 3.06 bits per heavy atom. The molecule has 1 aliphatic rings. The third kappa shape index (κ3) is 3.01. The summed E-state index contributed by atoms with van der Waals surface area (Å²) in [6, 6.07) is 3.76. The van der Waals surface area contributed by atoms with Crippen LogP contribution in [0.1, 0.15) is 29.4 Å². The Balaban J connectivity index is 1.92. The average Bonchev–Trinajstić information content (AvgIpc) is 2.85. The summed E-state index contributed by atoms with van der Waals surface area (Å²) < 4.78 is 0. The van der Waals surface area contributed by atoms with E-state index in [1.54, 1.807) is 0 Å². The maximum absolute atomic E-state index is 11.9. The molecule has 1 atom stereocenters. The van der Waals surface area contributed by atoms with Gasteiger partial charge >= 0.3 is 0 Å². The average molecular weight is 251 g/mol. The van der Waals surface area contributed by atoms with Crippen LogP contribution in [-0.4, -0.2) is 36.1 Å². The van der Waals surface area contributed by atoms with Crippen LogP contribution in [0.4, 0.5) is 0 Å². The topological polar surface area (TPSA) is 37.4 Å².